The van der Waals surface area contributed by atoms with E-state index in [1.54, 1.807) is 0 Å². The Morgan fingerprint density at radius 3 is 2.42 bits per heavy atom. The second-order valence-electron chi connectivity index (χ2n) is 6.51. The predicted octanol–water partition coefficient (Wildman–Crippen LogP) is 1.52. The Bertz CT molecular complexity index is 677. The molecule has 1 aromatic carbocycles. The average molecular weight is 373 g/mol. The third-order valence-electron chi connectivity index (χ3n) is 4.24. The summed E-state index contributed by atoms with van der Waals surface area (Å²) in [7, 11) is 0. The van der Waals surface area contributed by atoms with Gasteiger partial charge < -0.3 is 15.4 Å². The molecule has 0 unspecified atom stereocenters. The maximum atomic E-state index is 13.7. The lowest BCUT2D eigenvalue weighted by atomic mass is 9.91. The number of hydrogen-bond donors (Lipinski definition) is 2. The van der Waals surface area contributed by atoms with E-state index in [-0.39, 0.29) is 0 Å². The largest absolute Gasteiger partial charge is 0.379 e. The molecule has 6 nitrogen and oxygen atoms in total. The van der Waals surface area contributed by atoms with Crippen LogP contribution in [0, 0.1) is 22.9 Å². The SMILES string of the molecule is CC(C)(C(=O)NCCN1CCOCC1)C(=O)Nc1ccc(F)c(F)c1F. The summed E-state index contributed by atoms with van der Waals surface area (Å²) in [6.45, 7) is 6.52. The van der Waals surface area contributed by atoms with E-state index in [2.05, 4.69) is 15.5 Å². The van der Waals surface area contributed by atoms with Gasteiger partial charge in [-0.2, -0.15) is 0 Å². The molecular formula is C17H22F3N3O3. The first-order valence-electron chi connectivity index (χ1n) is 8.27. The van der Waals surface area contributed by atoms with Crippen LogP contribution in [0.4, 0.5) is 18.9 Å². The van der Waals surface area contributed by atoms with Crippen LogP contribution in [0.15, 0.2) is 12.1 Å². The monoisotopic (exact) mass is 373 g/mol. The molecule has 144 valence electrons. The normalized spacial score (nSPS) is 15.6. The smallest absolute Gasteiger partial charge is 0.239 e. The van der Waals surface area contributed by atoms with Crippen molar-refractivity contribution < 1.29 is 27.5 Å². The first-order valence-corrected chi connectivity index (χ1v) is 8.27. The Hall–Kier alpha value is -2.13. The van der Waals surface area contributed by atoms with Crippen molar-refractivity contribution in [3.05, 3.63) is 29.6 Å². The average Bonchev–Trinajstić information content (AvgIpc) is 2.62. The highest BCUT2D eigenvalue weighted by Crippen LogP contribution is 2.23. The molecule has 1 aliphatic rings. The number of hydrogen-bond acceptors (Lipinski definition) is 4. The second kappa shape index (κ2) is 8.50. The molecular weight excluding hydrogens is 351 g/mol. The van der Waals surface area contributed by atoms with Crippen LogP contribution in [0.3, 0.4) is 0 Å². The molecule has 2 amide bonds. The molecule has 1 saturated heterocycles. The molecule has 0 aromatic heterocycles. The van der Waals surface area contributed by atoms with Gasteiger partial charge in [-0.15, -0.1) is 0 Å². The minimum atomic E-state index is -1.68. The molecule has 0 spiro atoms. The number of nitrogens with one attached hydrogen (secondary N) is 2. The number of rotatable bonds is 6. The third-order valence-corrected chi connectivity index (χ3v) is 4.24. The van der Waals surface area contributed by atoms with Gasteiger partial charge in [-0.25, -0.2) is 13.2 Å². The highest BCUT2D eigenvalue weighted by Gasteiger charge is 2.36. The molecule has 0 atom stereocenters. The van der Waals surface area contributed by atoms with Crippen molar-refractivity contribution in [1.29, 1.82) is 0 Å². The summed E-state index contributed by atoms with van der Waals surface area (Å²) in [5, 5.41) is 4.79. The Morgan fingerprint density at radius 2 is 1.77 bits per heavy atom. The van der Waals surface area contributed by atoms with E-state index in [9.17, 15) is 22.8 Å². The number of halogens is 3. The van der Waals surface area contributed by atoms with Gasteiger partial charge in [0.2, 0.25) is 11.8 Å². The van der Waals surface area contributed by atoms with Crippen molar-refractivity contribution in [2.24, 2.45) is 5.41 Å². The summed E-state index contributed by atoms with van der Waals surface area (Å²) >= 11 is 0. The highest BCUT2D eigenvalue weighted by atomic mass is 19.2. The number of nitrogens with zero attached hydrogens (tertiary/aromatic N) is 1. The molecule has 0 saturated carbocycles. The molecule has 0 aliphatic carbocycles. The summed E-state index contributed by atoms with van der Waals surface area (Å²) in [4.78, 5) is 26.7. The van der Waals surface area contributed by atoms with Crippen molar-refractivity contribution in [3.8, 4) is 0 Å². The van der Waals surface area contributed by atoms with E-state index in [1.807, 2.05) is 0 Å². The van der Waals surface area contributed by atoms with Gasteiger partial charge in [0, 0.05) is 26.2 Å². The molecule has 1 aliphatic heterocycles. The number of ether oxygens (including phenoxy) is 1. The zero-order chi connectivity index (χ0) is 19.3. The van der Waals surface area contributed by atoms with Gasteiger partial charge in [0.25, 0.3) is 0 Å². The van der Waals surface area contributed by atoms with Crippen LogP contribution in [0.5, 0.6) is 0 Å². The number of morpholine rings is 1. The van der Waals surface area contributed by atoms with Gasteiger partial charge in [0.1, 0.15) is 5.41 Å². The van der Waals surface area contributed by atoms with Crippen LogP contribution in [0.25, 0.3) is 0 Å². The minimum absolute atomic E-state index is 0.342. The van der Waals surface area contributed by atoms with Gasteiger partial charge >= 0.3 is 0 Å². The first-order chi connectivity index (χ1) is 12.2. The van der Waals surface area contributed by atoms with Crippen LogP contribution in [0.1, 0.15) is 13.8 Å². The lowest BCUT2D eigenvalue weighted by Gasteiger charge is -2.27. The van der Waals surface area contributed by atoms with E-state index in [1.165, 1.54) is 13.8 Å². The van der Waals surface area contributed by atoms with Crippen LogP contribution in [-0.4, -0.2) is 56.1 Å². The van der Waals surface area contributed by atoms with Gasteiger partial charge in [0.05, 0.1) is 18.9 Å². The number of anilines is 1. The Kier molecular flexibility index (Phi) is 6.60. The quantitative estimate of drug-likeness (QED) is 0.586. The van der Waals surface area contributed by atoms with E-state index >= 15 is 0 Å². The fraction of sp³-hybridized carbons (Fsp3) is 0.529. The standard InChI is InChI=1S/C17H22F3N3O3/c1-17(2,15(24)21-5-6-23-7-9-26-10-8-23)16(25)22-12-4-3-11(18)13(19)14(12)20/h3-4H,5-10H2,1-2H3,(H,21,24)(H,22,25). The topological polar surface area (TPSA) is 70.7 Å². The summed E-state index contributed by atoms with van der Waals surface area (Å²) < 4.78 is 45.1. The van der Waals surface area contributed by atoms with Crippen molar-refractivity contribution in [1.82, 2.24) is 10.2 Å². The van der Waals surface area contributed by atoms with Gasteiger partial charge in [-0.3, -0.25) is 14.5 Å². The van der Waals surface area contributed by atoms with Crippen LogP contribution < -0.4 is 10.6 Å². The van der Waals surface area contributed by atoms with Gasteiger partial charge in [0.15, 0.2) is 17.5 Å². The molecule has 2 rings (SSSR count). The fourth-order valence-electron chi connectivity index (χ4n) is 2.38. The van der Waals surface area contributed by atoms with E-state index in [0.29, 0.717) is 32.4 Å². The molecule has 0 radical (unpaired) electrons. The van der Waals surface area contributed by atoms with Crippen LogP contribution in [0.2, 0.25) is 0 Å². The lowest BCUT2D eigenvalue weighted by Crippen LogP contribution is -2.48. The number of carbonyl (C=O) groups is 2. The van der Waals surface area contributed by atoms with Gasteiger partial charge in [-0.1, -0.05) is 0 Å². The summed E-state index contributed by atoms with van der Waals surface area (Å²) in [5.74, 6) is -5.93. The van der Waals surface area contributed by atoms with Gasteiger partial charge in [-0.05, 0) is 26.0 Å². The van der Waals surface area contributed by atoms with Crippen LogP contribution >= 0.6 is 0 Å². The van der Waals surface area contributed by atoms with Crippen molar-refractivity contribution in [2.45, 2.75) is 13.8 Å². The minimum Gasteiger partial charge on any atom is -0.379 e. The number of benzene rings is 1. The first kappa shape index (κ1) is 20.2. The molecule has 1 fully saturated rings. The zero-order valence-electron chi connectivity index (χ0n) is 14.7. The van der Waals surface area contributed by atoms with E-state index in [0.717, 1.165) is 19.2 Å². The van der Waals surface area contributed by atoms with Crippen molar-refractivity contribution in [3.63, 3.8) is 0 Å². The molecule has 9 heteroatoms. The Morgan fingerprint density at radius 1 is 1.12 bits per heavy atom. The van der Waals surface area contributed by atoms with E-state index in [4.69, 9.17) is 4.74 Å². The fourth-order valence-corrected chi connectivity index (χ4v) is 2.38. The van der Waals surface area contributed by atoms with Crippen LogP contribution in [-0.2, 0) is 14.3 Å². The number of amides is 2. The van der Waals surface area contributed by atoms with E-state index < -0.39 is 40.4 Å². The summed E-state index contributed by atoms with van der Waals surface area (Å²) in [6, 6.07) is 1.60. The maximum absolute atomic E-state index is 13.7. The zero-order valence-corrected chi connectivity index (χ0v) is 14.7. The van der Waals surface area contributed by atoms with Crippen molar-refractivity contribution in [2.75, 3.05) is 44.7 Å². The molecule has 1 heterocycles. The molecule has 1 aromatic rings. The van der Waals surface area contributed by atoms with Crippen molar-refractivity contribution >= 4 is 17.5 Å². The summed E-state index contributed by atoms with van der Waals surface area (Å²) in [6.07, 6.45) is 0. The predicted molar refractivity (Wildman–Crippen MR) is 89.0 cm³/mol. The molecule has 26 heavy (non-hydrogen) atoms. The second-order valence-corrected chi connectivity index (χ2v) is 6.51. The maximum Gasteiger partial charge on any atom is 0.239 e. The summed E-state index contributed by atoms with van der Waals surface area (Å²) in [5.41, 5.74) is -2.05. The molecule has 2 N–H and O–H groups in total. The number of carbonyl (C=O) groups excluding carboxylic acids is 2. The molecule has 0 bridgehead atoms. The highest BCUT2D eigenvalue weighted by molar-refractivity contribution is 6.09. The Labute approximate surface area is 149 Å². The lowest BCUT2D eigenvalue weighted by molar-refractivity contribution is -0.138. The Balaban J connectivity index is 1.91. The third kappa shape index (κ3) is 4.73.